The first-order valence-corrected chi connectivity index (χ1v) is 8.12. The van der Waals surface area contributed by atoms with Crippen molar-refractivity contribution >= 4 is 5.97 Å². The van der Waals surface area contributed by atoms with Crippen molar-refractivity contribution < 1.29 is 9.90 Å². The van der Waals surface area contributed by atoms with Crippen LogP contribution in [-0.2, 0) is 11.2 Å². The van der Waals surface area contributed by atoms with Crippen LogP contribution in [0.1, 0.15) is 50.3 Å². The first-order chi connectivity index (χ1) is 10.2. The van der Waals surface area contributed by atoms with Crippen molar-refractivity contribution in [2.75, 3.05) is 6.54 Å². The van der Waals surface area contributed by atoms with Gasteiger partial charge in [-0.2, -0.15) is 0 Å². The lowest BCUT2D eigenvalue weighted by Crippen LogP contribution is -2.18. The molecule has 1 heterocycles. The Kier molecular flexibility index (Phi) is 4.29. The average Bonchev–Trinajstić information content (AvgIpc) is 3.18. The number of carboxylic acid groups (broad SMARTS) is 1. The molecule has 4 atom stereocenters. The number of nitrogens with two attached hydrogens (primary N) is 1. The van der Waals surface area contributed by atoms with Crippen LogP contribution in [-0.4, -0.2) is 27.2 Å². The molecule has 0 aromatic carbocycles. The van der Waals surface area contributed by atoms with Gasteiger partial charge in [0, 0.05) is 18.7 Å². The molecule has 2 bridgehead atoms. The number of hydrogen-bond donors (Lipinski definition) is 2. The van der Waals surface area contributed by atoms with E-state index in [2.05, 4.69) is 15.7 Å². The Bertz CT molecular complexity index is 499. The Morgan fingerprint density at radius 3 is 2.95 bits per heavy atom. The van der Waals surface area contributed by atoms with Gasteiger partial charge in [0.1, 0.15) is 0 Å². The van der Waals surface area contributed by atoms with Crippen molar-refractivity contribution in [1.82, 2.24) is 9.55 Å². The van der Waals surface area contributed by atoms with Crippen LogP contribution in [0.4, 0.5) is 0 Å². The maximum Gasteiger partial charge on any atom is 0.306 e. The van der Waals surface area contributed by atoms with E-state index in [4.69, 9.17) is 5.73 Å². The lowest BCUT2D eigenvalue weighted by Gasteiger charge is -2.22. The Hall–Kier alpha value is -1.36. The molecule has 2 fully saturated rings. The molecule has 0 saturated heterocycles. The highest BCUT2D eigenvalue weighted by Crippen LogP contribution is 2.50. The summed E-state index contributed by atoms with van der Waals surface area (Å²) in [6, 6.07) is 0.595. The van der Waals surface area contributed by atoms with Crippen molar-refractivity contribution in [3.63, 3.8) is 0 Å². The van der Waals surface area contributed by atoms with Gasteiger partial charge in [-0.15, -0.1) is 0 Å². The van der Waals surface area contributed by atoms with Gasteiger partial charge in [-0.05, 0) is 50.5 Å². The van der Waals surface area contributed by atoms with E-state index in [0.29, 0.717) is 25.4 Å². The second-order valence-electron chi connectivity index (χ2n) is 6.72. The van der Waals surface area contributed by atoms with Gasteiger partial charge in [-0.1, -0.05) is 6.42 Å². The molecule has 0 aliphatic heterocycles. The maximum absolute atomic E-state index is 11.3. The molecule has 1 aromatic heterocycles. The molecule has 21 heavy (non-hydrogen) atoms. The number of nitrogens with zero attached hydrogens (tertiary/aromatic N) is 2. The van der Waals surface area contributed by atoms with Gasteiger partial charge in [-0.3, -0.25) is 4.79 Å². The molecule has 0 amide bonds. The molecule has 4 unspecified atom stereocenters. The standard InChI is InChI=1S/C16H25N3O2/c17-5-1-2-13(16(20)21)8-14-9-19(10-18-14)15-7-11-3-4-12(15)6-11/h9-13,15H,1-8,17H2,(H,20,21). The van der Waals surface area contributed by atoms with E-state index in [1.807, 2.05) is 6.33 Å². The fourth-order valence-corrected chi connectivity index (χ4v) is 4.17. The topological polar surface area (TPSA) is 81.1 Å². The summed E-state index contributed by atoms with van der Waals surface area (Å²) in [4.78, 5) is 15.7. The van der Waals surface area contributed by atoms with Crippen LogP contribution < -0.4 is 5.73 Å². The summed E-state index contributed by atoms with van der Waals surface area (Å²) < 4.78 is 2.24. The molecule has 3 rings (SSSR count). The molecule has 3 N–H and O–H groups in total. The van der Waals surface area contributed by atoms with E-state index in [9.17, 15) is 9.90 Å². The number of rotatable bonds is 7. The number of carbonyl (C=O) groups is 1. The predicted octanol–water partition coefficient (Wildman–Crippen LogP) is 2.23. The van der Waals surface area contributed by atoms with Crippen LogP contribution >= 0.6 is 0 Å². The van der Waals surface area contributed by atoms with Crippen molar-refractivity contribution in [3.8, 4) is 0 Å². The molecule has 0 spiro atoms. The van der Waals surface area contributed by atoms with E-state index in [-0.39, 0.29) is 5.92 Å². The van der Waals surface area contributed by atoms with Gasteiger partial charge in [0.05, 0.1) is 17.9 Å². The minimum atomic E-state index is -0.738. The van der Waals surface area contributed by atoms with Crippen molar-refractivity contribution in [1.29, 1.82) is 0 Å². The number of aromatic nitrogens is 2. The molecule has 0 radical (unpaired) electrons. The smallest absolute Gasteiger partial charge is 0.306 e. The third-order valence-corrected chi connectivity index (χ3v) is 5.30. The van der Waals surface area contributed by atoms with Crippen LogP contribution in [0.3, 0.4) is 0 Å². The van der Waals surface area contributed by atoms with Gasteiger partial charge in [0.2, 0.25) is 0 Å². The van der Waals surface area contributed by atoms with Crippen LogP contribution in [0.5, 0.6) is 0 Å². The van der Waals surface area contributed by atoms with Crippen molar-refractivity contribution in [3.05, 3.63) is 18.2 Å². The molecular weight excluding hydrogens is 266 g/mol. The molecule has 5 heteroatoms. The van der Waals surface area contributed by atoms with Gasteiger partial charge in [-0.25, -0.2) is 4.98 Å². The van der Waals surface area contributed by atoms with Crippen molar-refractivity contribution in [2.45, 2.75) is 51.0 Å². The zero-order valence-electron chi connectivity index (χ0n) is 12.4. The zero-order valence-corrected chi connectivity index (χ0v) is 12.4. The lowest BCUT2D eigenvalue weighted by molar-refractivity contribution is -0.142. The molecule has 116 valence electrons. The molecular formula is C16H25N3O2. The maximum atomic E-state index is 11.3. The predicted molar refractivity (Wildman–Crippen MR) is 79.8 cm³/mol. The monoisotopic (exact) mass is 291 g/mol. The van der Waals surface area contributed by atoms with Crippen LogP contribution in [0.2, 0.25) is 0 Å². The number of fused-ring (bicyclic) bond motifs is 2. The summed E-state index contributed by atoms with van der Waals surface area (Å²) in [5.41, 5.74) is 6.38. The third-order valence-electron chi connectivity index (χ3n) is 5.30. The van der Waals surface area contributed by atoms with Gasteiger partial charge >= 0.3 is 5.97 Å². The summed E-state index contributed by atoms with van der Waals surface area (Å²) in [6.07, 6.45) is 11.3. The third kappa shape index (κ3) is 3.12. The highest BCUT2D eigenvalue weighted by atomic mass is 16.4. The van der Waals surface area contributed by atoms with E-state index >= 15 is 0 Å². The van der Waals surface area contributed by atoms with E-state index in [1.54, 1.807) is 0 Å². The summed E-state index contributed by atoms with van der Waals surface area (Å²) in [5, 5.41) is 9.29. The number of imidazole rings is 1. The number of aliphatic carboxylic acids is 1. The minimum absolute atomic E-state index is 0.364. The molecule has 5 nitrogen and oxygen atoms in total. The number of hydrogen-bond acceptors (Lipinski definition) is 3. The minimum Gasteiger partial charge on any atom is -0.481 e. The Morgan fingerprint density at radius 1 is 1.48 bits per heavy atom. The highest BCUT2D eigenvalue weighted by molar-refractivity contribution is 5.70. The second-order valence-corrected chi connectivity index (χ2v) is 6.72. The first-order valence-electron chi connectivity index (χ1n) is 8.12. The van der Waals surface area contributed by atoms with Crippen LogP contribution in [0.15, 0.2) is 12.5 Å². The lowest BCUT2D eigenvalue weighted by atomic mass is 9.95. The molecule has 2 aliphatic carbocycles. The van der Waals surface area contributed by atoms with Gasteiger partial charge in [0.25, 0.3) is 0 Å². The second kappa shape index (κ2) is 6.18. The van der Waals surface area contributed by atoms with Gasteiger partial charge in [0.15, 0.2) is 0 Å². The fraction of sp³-hybridized carbons (Fsp3) is 0.750. The highest BCUT2D eigenvalue weighted by Gasteiger charge is 2.40. The zero-order chi connectivity index (χ0) is 14.8. The Balaban J connectivity index is 1.63. The normalized spacial score (nSPS) is 28.9. The van der Waals surface area contributed by atoms with E-state index in [0.717, 1.165) is 24.0 Å². The largest absolute Gasteiger partial charge is 0.481 e. The first kappa shape index (κ1) is 14.6. The summed E-state index contributed by atoms with van der Waals surface area (Å²) in [7, 11) is 0. The van der Waals surface area contributed by atoms with E-state index in [1.165, 1.54) is 25.7 Å². The Morgan fingerprint density at radius 2 is 2.33 bits per heavy atom. The molecule has 2 saturated carbocycles. The Labute approximate surface area is 125 Å². The molecule has 1 aromatic rings. The summed E-state index contributed by atoms with van der Waals surface area (Å²) in [6.45, 7) is 0.545. The fourth-order valence-electron chi connectivity index (χ4n) is 4.17. The van der Waals surface area contributed by atoms with Crippen molar-refractivity contribution in [2.24, 2.45) is 23.5 Å². The van der Waals surface area contributed by atoms with Crippen LogP contribution in [0.25, 0.3) is 0 Å². The van der Waals surface area contributed by atoms with Gasteiger partial charge < -0.3 is 15.4 Å². The summed E-state index contributed by atoms with van der Waals surface area (Å²) >= 11 is 0. The SMILES string of the molecule is NCCCC(Cc1cn(C2CC3CCC2C3)cn1)C(=O)O. The number of carboxylic acids is 1. The van der Waals surface area contributed by atoms with Crippen LogP contribution in [0, 0.1) is 17.8 Å². The van der Waals surface area contributed by atoms with E-state index < -0.39 is 5.97 Å². The average molecular weight is 291 g/mol. The molecule has 2 aliphatic rings. The summed E-state index contributed by atoms with van der Waals surface area (Å²) in [5.74, 6) is 0.613. The quantitative estimate of drug-likeness (QED) is 0.807.